The van der Waals surface area contributed by atoms with E-state index in [1.807, 2.05) is 6.92 Å². The lowest BCUT2D eigenvalue weighted by Gasteiger charge is -2.12. The Kier molecular flexibility index (Phi) is 3.89. The number of aryl methyl sites for hydroxylation is 1. The van der Waals surface area contributed by atoms with Gasteiger partial charge in [-0.25, -0.2) is 0 Å². The number of nitrogens with zero attached hydrogens (tertiary/aromatic N) is 1. The largest absolute Gasteiger partial charge is 0.398 e. The van der Waals surface area contributed by atoms with Gasteiger partial charge in [-0.05, 0) is 37.6 Å². The van der Waals surface area contributed by atoms with Crippen molar-refractivity contribution in [1.29, 1.82) is 0 Å². The topological polar surface area (TPSA) is 77.1 Å². The summed E-state index contributed by atoms with van der Waals surface area (Å²) in [6.45, 7) is 3.62. The maximum atomic E-state index is 12.0. The van der Waals surface area contributed by atoms with Gasteiger partial charge in [0.05, 0.1) is 0 Å². The highest BCUT2D eigenvalue weighted by Crippen LogP contribution is 2.20. The SMILES string of the molecule is Cc1c(N)cccc1NC(=O)Cn1c(C)cccc1=O. The Morgan fingerprint density at radius 2 is 1.90 bits per heavy atom. The van der Waals surface area contributed by atoms with E-state index in [1.54, 1.807) is 37.3 Å². The van der Waals surface area contributed by atoms with E-state index in [9.17, 15) is 9.59 Å². The van der Waals surface area contributed by atoms with Crippen LogP contribution in [0.3, 0.4) is 0 Å². The smallest absolute Gasteiger partial charge is 0.251 e. The fourth-order valence-corrected chi connectivity index (χ4v) is 1.95. The number of anilines is 2. The van der Waals surface area contributed by atoms with Crippen molar-refractivity contribution in [2.75, 3.05) is 11.1 Å². The summed E-state index contributed by atoms with van der Waals surface area (Å²) < 4.78 is 1.43. The van der Waals surface area contributed by atoms with Crippen LogP contribution in [0.4, 0.5) is 11.4 Å². The highest BCUT2D eigenvalue weighted by atomic mass is 16.2. The molecule has 0 spiro atoms. The summed E-state index contributed by atoms with van der Waals surface area (Å²) in [6, 6.07) is 10.2. The quantitative estimate of drug-likeness (QED) is 0.834. The van der Waals surface area contributed by atoms with Gasteiger partial charge in [-0.15, -0.1) is 0 Å². The lowest BCUT2D eigenvalue weighted by Crippen LogP contribution is -2.28. The Morgan fingerprint density at radius 3 is 2.60 bits per heavy atom. The molecule has 1 amide bonds. The Hall–Kier alpha value is -2.56. The highest BCUT2D eigenvalue weighted by Gasteiger charge is 2.09. The molecule has 0 saturated carbocycles. The van der Waals surface area contributed by atoms with Gasteiger partial charge in [0.2, 0.25) is 5.91 Å². The summed E-state index contributed by atoms with van der Waals surface area (Å²) >= 11 is 0. The van der Waals surface area contributed by atoms with Gasteiger partial charge >= 0.3 is 0 Å². The molecular weight excluding hydrogens is 254 g/mol. The van der Waals surface area contributed by atoms with Gasteiger partial charge in [-0.1, -0.05) is 12.1 Å². The molecule has 0 saturated heterocycles. The van der Waals surface area contributed by atoms with Gasteiger partial charge in [0.25, 0.3) is 5.56 Å². The summed E-state index contributed by atoms with van der Waals surface area (Å²) in [5.74, 6) is -0.255. The van der Waals surface area contributed by atoms with Gasteiger partial charge in [0, 0.05) is 23.1 Å². The standard InChI is InChI=1S/C15H17N3O2/c1-10-5-3-8-15(20)18(10)9-14(19)17-13-7-4-6-12(16)11(13)2/h3-8H,9,16H2,1-2H3,(H,17,19). The van der Waals surface area contributed by atoms with Crippen molar-refractivity contribution < 1.29 is 4.79 Å². The molecule has 2 aromatic rings. The van der Waals surface area contributed by atoms with Crippen LogP contribution < -0.4 is 16.6 Å². The molecule has 5 nitrogen and oxygen atoms in total. The van der Waals surface area contributed by atoms with Crippen LogP contribution >= 0.6 is 0 Å². The third-order valence-corrected chi connectivity index (χ3v) is 3.22. The molecule has 20 heavy (non-hydrogen) atoms. The Bertz CT molecular complexity index is 705. The van der Waals surface area contributed by atoms with Crippen molar-refractivity contribution in [3.63, 3.8) is 0 Å². The number of benzene rings is 1. The van der Waals surface area contributed by atoms with Crippen LogP contribution in [-0.2, 0) is 11.3 Å². The van der Waals surface area contributed by atoms with E-state index in [2.05, 4.69) is 5.32 Å². The fraction of sp³-hybridized carbons (Fsp3) is 0.200. The zero-order valence-electron chi connectivity index (χ0n) is 11.5. The van der Waals surface area contributed by atoms with Crippen molar-refractivity contribution in [1.82, 2.24) is 4.57 Å². The Labute approximate surface area is 117 Å². The average Bonchev–Trinajstić information content (AvgIpc) is 2.39. The number of pyridine rings is 1. The second-order valence-electron chi connectivity index (χ2n) is 4.66. The Balaban J connectivity index is 2.18. The number of nitrogens with one attached hydrogen (secondary N) is 1. The van der Waals surface area contributed by atoms with Crippen molar-refractivity contribution in [3.05, 3.63) is 58.0 Å². The van der Waals surface area contributed by atoms with E-state index in [-0.39, 0.29) is 18.0 Å². The first-order valence-corrected chi connectivity index (χ1v) is 6.30. The molecule has 2 rings (SSSR count). The first kappa shape index (κ1) is 13.9. The summed E-state index contributed by atoms with van der Waals surface area (Å²) in [5.41, 5.74) is 8.45. The molecule has 0 fully saturated rings. The average molecular weight is 271 g/mol. The number of carbonyl (C=O) groups excluding carboxylic acids is 1. The van der Waals surface area contributed by atoms with Crippen molar-refractivity contribution in [2.45, 2.75) is 20.4 Å². The first-order valence-electron chi connectivity index (χ1n) is 6.30. The number of rotatable bonds is 3. The molecule has 0 unspecified atom stereocenters. The number of aromatic nitrogens is 1. The lowest BCUT2D eigenvalue weighted by atomic mass is 10.1. The van der Waals surface area contributed by atoms with Gasteiger partial charge in [-0.2, -0.15) is 0 Å². The molecule has 0 aliphatic heterocycles. The molecule has 1 aromatic carbocycles. The monoisotopic (exact) mass is 271 g/mol. The predicted octanol–water partition coefficient (Wildman–Crippen LogP) is 1.69. The van der Waals surface area contributed by atoms with Crippen LogP contribution in [0.15, 0.2) is 41.2 Å². The number of nitrogen functional groups attached to an aromatic ring is 1. The van der Waals surface area contributed by atoms with Crippen LogP contribution in [0.2, 0.25) is 0 Å². The van der Waals surface area contributed by atoms with Crippen LogP contribution in [0.5, 0.6) is 0 Å². The van der Waals surface area contributed by atoms with Gasteiger partial charge in [0.1, 0.15) is 6.54 Å². The molecule has 5 heteroatoms. The normalized spacial score (nSPS) is 10.3. The second kappa shape index (κ2) is 5.61. The van der Waals surface area contributed by atoms with E-state index in [0.29, 0.717) is 11.4 Å². The molecule has 1 heterocycles. The zero-order chi connectivity index (χ0) is 14.7. The lowest BCUT2D eigenvalue weighted by molar-refractivity contribution is -0.116. The van der Waals surface area contributed by atoms with Crippen LogP contribution in [0.25, 0.3) is 0 Å². The van der Waals surface area contributed by atoms with E-state index in [1.165, 1.54) is 10.6 Å². The van der Waals surface area contributed by atoms with Crippen LogP contribution in [0, 0.1) is 13.8 Å². The van der Waals surface area contributed by atoms with E-state index < -0.39 is 0 Å². The third-order valence-electron chi connectivity index (χ3n) is 3.22. The number of carbonyl (C=O) groups is 1. The first-order chi connectivity index (χ1) is 9.49. The molecule has 0 aliphatic rings. The maximum Gasteiger partial charge on any atom is 0.251 e. The minimum Gasteiger partial charge on any atom is -0.398 e. The fourth-order valence-electron chi connectivity index (χ4n) is 1.95. The Morgan fingerprint density at radius 1 is 1.20 bits per heavy atom. The zero-order valence-corrected chi connectivity index (χ0v) is 11.5. The van der Waals surface area contributed by atoms with Gasteiger partial charge < -0.3 is 15.6 Å². The predicted molar refractivity (Wildman–Crippen MR) is 79.7 cm³/mol. The maximum absolute atomic E-state index is 12.0. The van der Waals surface area contributed by atoms with Gasteiger partial charge in [0.15, 0.2) is 0 Å². The van der Waals surface area contributed by atoms with Gasteiger partial charge in [-0.3, -0.25) is 9.59 Å². The van der Waals surface area contributed by atoms with Crippen LogP contribution in [-0.4, -0.2) is 10.5 Å². The highest BCUT2D eigenvalue weighted by molar-refractivity contribution is 5.92. The summed E-state index contributed by atoms with van der Waals surface area (Å²) in [7, 11) is 0. The molecule has 104 valence electrons. The molecule has 0 aliphatic carbocycles. The van der Waals surface area contributed by atoms with E-state index in [4.69, 9.17) is 5.73 Å². The summed E-state index contributed by atoms with van der Waals surface area (Å²) in [6.07, 6.45) is 0. The van der Waals surface area contributed by atoms with E-state index in [0.717, 1.165) is 11.3 Å². The number of nitrogens with two attached hydrogens (primary N) is 1. The van der Waals surface area contributed by atoms with E-state index >= 15 is 0 Å². The second-order valence-corrected chi connectivity index (χ2v) is 4.66. The number of amides is 1. The van der Waals surface area contributed by atoms with Crippen molar-refractivity contribution in [3.8, 4) is 0 Å². The van der Waals surface area contributed by atoms with Crippen LogP contribution in [0.1, 0.15) is 11.3 Å². The van der Waals surface area contributed by atoms with Crippen molar-refractivity contribution >= 4 is 17.3 Å². The minimum absolute atomic E-state index is 0.0141. The molecule has 0 bridgehead atoms. The molecule has 0 radical (unpaired) electrons. The number of hydrogen-bond acceptors (Lipinski definition) is 3. The molecular formula is C15H17N3O2. The summed E-state index contributed by atoms with van der Waals surface area (Å²) in [4.78, 5) is 23.8. The number of hydrogen-bond donors (Lipinski definition) is 2. The third kappa shape index (κ3) is 2.88. The molecule has 0 atom stereocenters. The van der Waals surface area contributed by atoms with Crippen molar-refractivity contribution in [2.24, 2.45) is 0 Å². The summed E-state index contributed by atoms with van der Waals surface area (Å²) in [5, 5.41) is 2.78. The molecule has 3 N–H and O–H groups in total. The minimum atomic E-state index is -0.255. The molecule has 1 aromatic heterocycles.